The average Bonchev–Trinajstić information content (AvgIpc) is 2.95. The van der Waals surface area contributed by atoms with Gasteiger partial charge in [-0.25, -0.2) is 0 Å². The third kappa shape index (κ3) is 2.44. The number of phenols is 8. The van der Waals surface area contributed by atoms with Crippen LogP contribution in [0.5, 0.6) is 46.0 Å². The highest BCUT2D eigenvalue weighted by molar-refractivity contribution is 6.51. The fourth-order valence-corrected chi connectivity index (χ4v) is 7.78. The highest BCUT2D eigenvalue weighted by Crippen LogP contribution is 2.60. The van der Waals surface area contributed by atoms with Gasteiger partial charge in [0, 0.05) is 76.6 Å². The lowest BCUT2D eigenvalue weighted by Crippen LogP contribution is -2.11. The molecule has 0 radical (unpaired) electrons. The van der Waals surface area contributed by atoms with Crippen LogP contribution in [0, 0.1) is 6.92 Å². The molecule has 0 aliphatic carbocycles. The van der Waals surface area contributed by atoms with E-state index in [0.29, 0.717) is 0 Å². The topological polar surface area (TPSA) is 196 Å². The molecule has 0 fully saturated rings. The van der Waals surface area contributed by atoms with Crippen LogP contribution in [-0.4, -0.2) is 40.9 Å². The standard InChI is InChI=1S/C34H24O10/c1-5-9-29(39)22-19-17-16-15-13(21-18(17)24(28(38)8(4)27(21)37)34(44)25(19)30(9)40)10(35)6-11(36)14(15)33(43)26-20(16)23(22)31(41)12(7(2)3)32(26)42/h6-7,35-42H,5H2,1-4H3. The minimum atomic E-state index is -0.832. The molecular weight excluding hydrogens is 568 g/mol. The molecule has 0 saturated carbocycles. The second-order valence-corrected chi connectivity index (χ2v) is 11.9. The molecule has 10 nitrogen and oxygen atoms in total. The Bertz CT molecular complexity index is 2740. The molecule has 0 amide bonds. The van der Waals surface area contributed by atoms with E-state index >= 15 is 0 Å². The van der Waals surface area contributed by atoms with Crippen LogP contribution in [0.25, 0.3) is 75.4 Å². The van der Waals surface area contributed by atoms with E-state index in [-0.39, 0.29) is 98.5 Å². The van der Waals surface area contributed by atoms with Crippen molar-refractivity contribution in [2.75, 3.05) is 0 Å². The summed E-state index contributed by atoms with van der Waals surface area (Å²) in [4.78, 5) is 28.7. The number of rotatable bonds is 2. The van der Waals surface area contributed by atoms with Crippen molar-refractivity contribution in [3.05, 3.63) is 43.2 Å². The van der Waals surface area contributed by atoms with Crippen molar-refractivity contribution in [1.82, 2.24) is 0 Å². The molecule has 0 saturated heterocycles. The van der Waals surface area contributed by atoms with Crippen LogP contribution in [0.4, 0.5) is 0 Å². The molecule has 8 N–H and O–H groups in total. The molecular formula is C34H24O10. The minimum Gasteiger partial charge on any atom is -0.507 e. The van der Waals surface area contributed by atoms with Gasteiger partial charge in [-0.1, -0.05) is 20.8 Å². The number of benzene rings is 8. The Labute approximate surface area is 245 Å². The molecule has 0 bridgehead atoms. The van der Waals surface area contributed by atoms with Crippen LogP contribution < -0.4 is 10.9 Å². The van der Waals surface area contributed by atoms with E-state index in [1.165, 1.54) is 6.92 Å². The van der Waals surface area contributed by atoms with Gasteiger partial charge in [0.25, 0.3) is 0 Å². The van der Waals surface area contributed by atoms with Crippen molar-refractivity contribution in [1.29, 1.82) is 0 Å². The number of hydrogen-bond donors (Lipinski definition) is 8. The minimum absolute atomic E-state index is 0.0117. The molecule has 0 spiro atoms. The molecule has 8 rings (SSSR count). The molecule has 0 heterocycles. The van der Waals surface area contributed by atoms with Crippen molar-refractivity contribution in [2.24, 2.45) is 0 Å². The first-order valence-corrected chi connectivity index (χ1v) is 14.0. The number of aromatic hydroxyl groups is 8. The Hall–Kier alpha value is -5.64. The third-order valence-electron chi connectivity index (χ3n) is 9.59. The smallest absolute Gasteiger partial charge is 0.201 e. The molecule has 0 unspecified atom stereocenters. The second kappa shape index (κ2) is 7.65. The van der Waals surface area contributed by atoms with Crippen molar-refractivity contribution in [3.8, 4) is 46.0 Å². The van der Waals surface area contributed by atoms with Gasteiger partial charge >= 0.3 is 0 Å². The Balaban J connectivity index is 2.02. The molecule has 0 atom stereocenters. The van der Waals surface area contributed by atoms with Crippen LogP contribution in [0.15, 0.2) is 15.7 Å². The van der Waals surface area contributed by atoms with E-state index in [1.54, 1.807) is 20.8 Å². The van der Waals surface area contributed by atoms with Gasteiger partial charge in [-0.3, -0.25) is 9.59 Å². The lowest BCUT2D eigenvalue weighted by molar-refractivity contribution is 0.440. The number of hydrogen-bond acceptors (Lipinski definition) is 10. The summed E-state index contributed by atoms with van der Waals surface area (Å²) >= 11 is 0. The lowest BCUT2D eigenvalue weighted by atomic mass is 9.77. The van der Waals surface area contributed by atoms with E-state index < -0.39 is 62.8 Å². The Morgan fingerprint density at radius 1 is 0.500 bits per heavy atom. The molecule has 10 heteroatoms. The van der Waals surface area contributed by atoms with Gasteiger partial charge in [0.1, 0.15) is 46.0 Å². The maximum atomic E-state index is 14.4. The van der Waals surface area contributed by atoms with Crippen LogP contribution in [0.1, 0.15) is 43.4 Å². The summed E-state index contributed by atoms with van der Waals surface area (Å²) in [6.45, 7) is 6.37. The highest BCUT2D eigenvalue weighted by Gasteiger charge is 2.36. The SMILES string of the molecule is CCc1c(O)c2c(=O)c3c(O)c(C)c(O)c4c5c(O)cc(O)c6c(=O)c7c(O)c(C(C)C)c(O)c8c(c1O)c2c(c34)c(c65)c78. The first-order valence-electron chi connectivity index (χ1n) is 14.0. The van der Waals surface area contributed by atoms with E-state index in [1.807, 2.05) is 0 Å². The van der Waals surface area contributed by atoms with Gasteiger partial charge in [0.05, 0.1) is 21.5 Å². The summed E-state index contributed by atoms with van der Waals surface area (Å²) in [6, 6.07) is 0.927. The third-order valence-corrected chi connectivity index (χ3v) is 9.59. The fraction of sp³-hybridized carbons (Fsp3) is 0.176. The first kappa shape index (κ1) is 26.0. The maximum absolute atomic E-state index is 14.4. The number of phenolic OH excluding ortho intramolecular Hbond substituents is 8. The summed E-state index contributed by atoms with van der Waals surface area (Å²) in [5.74, 6) is -4.78. The molecule has 0 aromatic heterocycles. The lowest BCUT2D eigenvalue weighted by Gasteiger charge is -2.26. The first-order chi connectivity index (χ1) is 20.8. The summed E-state index contributed by atoms with van der Waals surface area (Å²) in [6.07, 6.45) is 0.0571. The fourth-order valence-electron chi connectivity index (χ4n) is 7.78. The van der Waals surface area contributed by atoms with Crippen molar-refractivity contribution in [3.63, 3.8) is 0 Å². The highest BCUT2D eigenvalue weighted by atomic mass is 16.3. The van der Waals surface area contributed by atoms with E-state index in [9.17, 15) is 50.4 Å². The van der Waals surface area contributed by atoms with Crippen LogP contribution >= 0.6 is 0 Å². The van der Waals surface area contributed by atoms with Gasteiger partial charge in [-0.2, -0.15) is 0 Å². The monoisotopic (exact) mass is 592 g/mol. The van der Waals surface area contributed by atoms with Crippen LogP contribution in [-0.2, 0) is 6.42 Å². The van der Waals surface area contributed by atoms with Crippen molar-refractivity contribution in [2.45, 2.75) is 40.0 Å². The van der Waals surface area contributed by atoms with Crippen molar-refractivity contribution < 1.29 is 40.9 Å². The average molecular weight is 593 g/mol. The summed E-state index contributed by atoms with van der Waals surface area (Å²) in [7, 11) is 0. The normalized spacial score (nSPS) is 12.8. The van der Waals surface area contributed by atoms with Gasteiger partial charge in [0.2, 0.25) is 10.9 Å². The van der Waals surface area contributed by atoms with Crippen molar-refractivity contribution >= 4 is 75.4 Å². The molecule has 8 aromatic rings. The maximum Gasteiger partial charge on any atom is 0.201 e. The Morgan fingerprint density at radius 2 is 0.864 bits per heavy atom. The molecule has 8 aromatic carbocycles. The molecule has 0 aliphatic rings. The Kier molecular flexibility index (Phi) is 4.52. The zero-order valence-corrected chi connectivity index (χ0v) is 23.8. The van der Waals surface area contributed by atoms with Gasteiger partial charge in [-0.05, 0) is 19.3 Å². The van der Waals surface area contributed by atoms with Crippen LogP contribution in [0.2, 0.25) is 0 Å². The van der Waals surface area contributed by atoms with Gasteiger partial charge in [0.15, 0.2) is 0 Å². The second-order valence-electron chi connectivity index (χ2n) is 11.9. The molecule has 44 heavy (non-hydrogen) atoms. The van der Waals surface area contributed by atoms with E-state index in [0.717, 1.165) is 6.07 Å². The molecule has 220 valence electrons. The van der Waals surface area contributed by atoms with Gasteiger partial charge < -0.3 is 40.9 Å². The van der Waals surface area contributed by atoms with Gasteiger partial charge in [-0.15, -0.1) is 0 Å². The zero-order valence-electron chi connectivity index (χ0n) is 23.8. The predicted octanol–water partition coefficient (Wildman–Crippen LogP) is 5.87. The summed E-state index contributed by atoms with van der Waals surface area (Å²) in [5.41, 5.74) is -1.79. The zero-order chi connectivity index (χ0) is 31.6. The largest absolute Gasteiger partial charge is 0.507 e. The van der Waals surface area contributed by atoms with Crippen LogP contribution in [0.3, 0.4) is 0 Å². The van der Waals surface area contributed by atoms with E-state index in [4.69, 9.17) is 0 Å². The summed E-state index contributed by atoms with van der Waals surface area (Å²) in [5, 5.41) is 90.4. The predicted molar refractivity (Wildman–Crippen MR) is 168 cm³/mol. The molecule has 0 aliphatic heterocycles. The Morgan fingerprint density at radius 3 is 1.43 bits per heavy atom. The number of fused-ring (bicyclic) bond motifs is 2. The summed E-state index contributed by atoms with van der Waals surface area (Å²) < 4.78 is 0. The van der Waals surface area contributed by atoms with E-state index in [2.05, 4.69) is 0 Å². The quantitative estimate of drug-likeness (QED) is 0.0888.